The zero-order valence-corrected chi connectivity index (χ0v) is 17.9. The highest BCUT2D eigenvalue weighted by atomic mass is 35.5. The van der Waals surface area contributed by atoms with E-state index in [0.29, 0.717) is 23.1 Å². The van der Waals surface area contributed by atoms with Crippen molar-refractivity contribution in [1.82, 2.24) is 5.43 Å². The minimum atomic E-state index is -0.202. The van der Waals surface area contributed by atoms with Crippen LogP contribution >= 0.6 is 23.4 Å². The van der Waals surface area contributed by atoms with Gasteiger partial charge in [-0.05, 0) is 59.7 Å². The summed E-state index contributed by atoms with van der Waals surface area (Å²) in [5.74, 6) is 2.04. The molecule has 0 unspecified atom stereocenters. The number of hydrogen-bond acceptors (Lipinski definition) is 5. The van der Waals surface area contributed by atoms with Gasteiger partial charge in [-0.15, -0.1) is 11.8 Å². The van der Waals surface area contributed by atoms with Crippen LogP contribution in [-0.4, -0.2) is 31.6 Å². The van der Waals surface area contributed by atoms with E-state index in [2.05, 4.69) is 17.5 Å². The van der Waals surface area contributed by atoms with Crippen LogP contribution in [0.25, 0.3) is 0 Å². The number of hydrogen-bond donors (Lipinski definition) is 1. The topological polar surface area (TPSA) is 59.9 Å². The van der Waals surface area contributed by atoms with Gasteiger partial charge in [-0.2, -0.15) is 5.10 Å². The van der Waals surface area contributed by atoms with Crippen LogP contribution in [0.2, 0.25) is 5.02 Å². The predicted octanol–water partition coefficient (Wildman–Crippen LogP) is 4.94. The number of rotatable bonds is 10. The summed E-state index contributed by atoms with van der Waals surface area (Å²) >= 11 is 7.75. The monoisotopic (exact) mass is 420 g/mol. The summed E-state index contributed by atoms with van der Waals surface area (Å²) < 4.78 is 11.0. The van der Waals surface area contributed by atoms with Crippen LogP contribution in [0.4, 0.5) is 0 Å². The van der Waals surface area contributed by atoms with E-state index in [1.807, 2.05) is 43.3 Å². The van der Waals surface area contributed by atoms with Crippen molar-refractivity contribution >= 4 is 35.5 Å². The predicted molar refractivity (Wildman–Crippen MR) is 116 cm³/mol. The van der Waals surface area contributed by atoms with Crippen molar-refractivity contribution in [2.24, 2.45) is 5.10 Å². The summed E-state index contributed by atoms with van der Waals surface area (Å²) in [6.07, 6.45) is 2.71. The molecule has 150 valence electrons. The van der Waals surface area contributed by atoms with E-state index < -0.39 is 0 Å². The Balaban J connectivity index is 1.99. The molecule has 0 bridgehead atoms. The molecule has 0 radical (unpaired) electrons. The van der Waals surface area contributed by atoms with Crippen LogP contribution < -0.4 is 14.9 Å². The van der Waals surface area contributed by atoms with Crippen LogP contribution in [0.3, 0.4) is 0 Å². The lowest BCUT2D eigenvalue weighted by Gasteiger charge is -2.10. The summed E-state index contributed by atoms with van der Waals surface area (Å²) in [4.78, 5) is 13.3. The minimum absolute atomic E-state index is 0.202. The number of ether oxygens (including phenoxy) is 2. The molecule has 0 aliphatic carbocycles. The third kappa shape index (κ3) is 6.77. The lowest BCUT2D eigenvalue weighted by Crippen LogP contribution is -2.20. The quantitative estimate of drug-likeness (QED) is 0.336. The lowest BCUT2D eigenvalue weighted by atomic mass is 10.1. The first-order chi connectivity index (χ1) is 13.6. The van der Waals surface area contributed by atoms with E-state index in [1.54, 1.807) is 25.1 Å². The number of nitrogens with zero attached hydrogens (tertiary/aromatic N) is 1. The number of thioether (sulfide) groups is 1. The first kappa shape index (κ1) is 22.1. The van der Waals surface area contributed by atoms with E-state index in [0.717, 1.165) is 28.2 Å². The van der Waals surface area contributed by atoms with Gasteiger partial charge in [0.2, 0.25) is 5.91 Å². The maximum Gasteiger partial charge on any atom is 0.244 e. The highest BCUT2D eigenvalue weighted by molar-refractivity contribution is 7.99. The number of carbonyl (C=O) groups is 1. The first-order valence-electron chi connectivity index (χ1n) is 9.11. The van der Waals surface area contributed by atoms with Crippen molar-refractivity contribution in [3.8, 4) is 11.5 Å². The fraction of sp³-hybridized carbons (Fsp3) is 0.333. The van der Waals surface area contributed by atoms with Crippen LogP contribution in [0.15, 0.2) is 46.4 Å². The minimum Gasteiger partial charge on any atom is -0.493 e. The van der Waals surface area contributed by atoms with Crippen molar-refractivity contribution in [3.05, 3.63) is 52.5 Å². The average molecular weight is 421 g/mol. The van der Waals surface area contributed by atoms with Crippen molar-refractivity contribution in [3.63, 3.8) is 0 Å². The van der Waals surface area contributed by atoms with Crippen LogP contribution in [0.1, 0.15) is 31.4 Å². The molecule has 0 saturated carbocycles. The number of benzene rings is 2. The second-order valence-corrected chi connectivity index (χ2v) is 7.66. The van der Waals surface area contributed by atoms with Crippen LogP contribution in [-0.2, 0) is 11.2 Å². The summed E-state index contributed by atoms with van der Waals surface area (Å²) in [6.45, 7) is 4.74. The summed E-state index contributed by atoms with van der Waals surface area (Å²) in [6, 6.07) is 11.1. The van der Waals surface area contributed by atoms with Crippen LogP contribution in [0, 0.1) is 0 Å². The molecule has 0 saturated heterocycles. The molecule has 1 N–H and O–H groups in total. The van der Waals surface area contributed by atoms with Gasteiger partial charge in [0.25, 0.3) is 0 Å². The molecule has 0 atom stereocenters. The van der Waals surface area contributed by atoms with Gasteiger partial charge in [0.1, 0.15) is 0 Å². The Bertz CT molecular complexity index is 827. The zero-order valence-electron chi connectivity index (χ0n) is 16.3. The Labute approximate surface area is 175 Å². The molecule has 0 heterocycles. The molecule has 7 heteroatoms. The molecule has 2 rings (SSSR count). The fourth-order valence-corrected chi connectivity index (χ4v) is 3.46. The highest BCUT2D eigenvalue weighted by Crippen LogP contribution is 2.28. The smallest absolute Gasteiger partial charge is 0.244 e. The molecule has 0 aliphatic rings. The Kier molecular flexibility index (Phi) is 9.17. The number of hydrazone groups is 1. The average Bonchev–Trinajstić information content (AvgIpc) is 2.69. The molecule has 28 heavy (non-hydrogen) atoms. The van der Waals surface area contributed by atoms with E-state index in [9.17, 15) is 4.79 Å². The molecule has 0 spiro atoms. The number of amides is 1. The lowest BCUT2D eigenvalue weighted by molar-refractivity contribution is -0.120. The van der Waals surface area contributed by atoms with E-state index in [4.69, 9.17) is 21.1 Å². The van der Waals surface area contributed by atoms with Crippen molar-refractivity contribution in [2.45, 2.75) is 31.6 Å². The molecule has 0 fully saturated rings. The van der Waals surface area contributed by atoms with Gasteiger partial charge in [-0.1, -0.05) is 25.4 Å². The maximum absolute atomic E-state index is 12.2. The van der Waals surface area contributed by atoms with Crippen molar-refractivity contribution in [1.29, 1.82) is 0 Å². The Hall–Kier alpha value is -2.18. The van der Waals surface area contributed by atoms with Gasteiger partial charge in [-0.3, -0.25) is 4.79 Å². The molecular formula is C21H25ClN2O3S. The van der Waals surface area contributed by atoms with Crippen molar-refractivity contribution in [2.75, 3.05) is 19.5 Å². The second kappa shape index (κ2) is 11.6. The van der Waals surface area contributed by atoms with Gasteiger partial charge < -0.3 is 9.47 Å². The number of nitrogens with one attached hydrogen (secondary N) is 1. The zero-order chi connectivity index (χ0) is 20.4. The normalized spacial score (nSPS) is 10.9. The van der Waals surface area contributed by atoms with Gasteiger partial charge in [0.15, 0.2) is 11.5 Å². The number of methoxy groups -OCH3 is 1. The third-order valence-corrected chi connectivity index (χ3v) is 4.96. The van der Waals surface area contributed by atoms with E-state index >= 15 is 0 Å². The first-order valence-corrected chi connectivity index (χ1v) is 10.5. The SMILES string of the molecule is CCCOc1ccc(/C=N\NC(=O)Cc2cc(Cl)ccc2SCC)cc1OC. The Morgan fingerprint density at radius 2 is 2.04 bits per heavy atom. The highest BCUT2D eigenvalue weighted by Gasteiger charge is 2.09. The van der Waals surface area contributed by atoms with E-state index in [1.165, 1.54) is 0 Å². The van der Waals surface area contributed by atoms with Crippen LogP contribution in [0.5, 0.6) is 11.5 Å². The Morgan fingerprint density at radius 3 is 2.75 bits per heavy atom. The molecular weight excluding hydrogens is 396 g/mol. The van der Waals surface area contributed by atoms with Crippen molar-refractivity contribution < 1.29 is 14.3 Å². The summed E-state index contributed by atoms with van der Waals surface area (Å²) in [7, 11) is 1.59. The van der Waals surface area contributed by atoms with Gasteiger partial charge >= 0.3 is 0 Å². The molecule has 5 nitrogen and oxygen atoms in total. The van der Waals surface area contributed by atoms with Gasteiger partial charge in [0, 0.05) is 9.92 Å². The number of halogens is 1. The second-order valence-electron chi connectivity index (χ2n) is 5.91. The summed E-state index contributed by atoms with van der Waals surface area (Å²) in [5, 5.41) is 4.66. The maximum atomic E-state index is 12.2. The largest absolute Gasteiger partial charge is 0.493 e. The molecule has 2 aromatic rings. The molecule has 0 aliphatic heterocycles. The molecule has 2 aromatic carbocycles. The Morgan fingerprint density at radius 1 is 1.21 bits per heavy atom. The van der Waals surface area contributed by atoms with Gasteiger partial charge in [0.05, 0.1) is 26.4 Å². The standard InChI is InChI=1S/C21H25ClN2O3S/c1-4-10-27-18-8-6-15(11-19(18)26-3)14-23-24-21(25)13-16-12-17(22)7-9-20(16)28-5-2/h6-9,11-12,14H,4-5,10,13H2,1-3H3,(H,24,25)/b23-14-. The fourth-order valence-electron chi connectivity index (χ4n) is 2.47. The van der Waals surface area contributed by atoms with Gasteiger partial charge in [-0.25, -0.2) is 5.43 Å². The number of carbonyl (C=O) groups excluding carboxylic acids is 1. The van der Waals surface area contributed by atoms with E-state index in [-0.39, 0.29) is 12.3 Å². The molecule has 1 amide bonds. The molecule has 0 aromatic heterocycles. The third-order valence-electron chi connectivity index (χ3n) is 3.73. The summed E-state index contributed by atoms with van der Waals surface area (Å²) in [5.41, 5.74) is 4.25.